The van der Waals surface area contributed by atoms with E-state index < -0.39 is 0 Å². The molecule has 0 bridgehead atoms. The molecule has 0 radical (unpaired) electrons. The fourth-order valence-electron chi connectivity index (χ4n) is 2.43. The quantitative estimate of drug-likeness (QED) is 0.673. The molecule has 0 amide bonds. The lowest BCUT2D eigenvalue weighted by atomic mass is 9.78. The van der Waals surface area contributed by atoms with Crippen molar-refractivity contribution < 1.29 is 9.31 Å². The fraction of sp³-hybridized carbons (Fsp3) is 0.438. The fourth-order valence-corrected chi connectivity index (χ4v) is 2.67. The number of thiol groups is 1. The van der Waals surface area contributed by atoms with Crippen LogP contribution in [0.2, 0.25) is 0 Å². The van der Waals surface area contributed by atoms with Gasteiger partial charge in [0, 0.05) is 18.1 Å². The van der Waals surface area contributed by atoms with Crippen LogP contribution < -0.4 is 0 Å². The molecular weight excluding hydrogens is 295 g/mol. The second kappa shape index (κ2) is 5.44. The molecule has 3 heterocycles. The van der Waals surface area contributed by atoms with Crippen LogP contribution in [0.5, 0.6) is 0 Å². The first kappa shape index (κ1) is 15.7. The summed E-state index contributed by atoms with van der Waals surface area (Å²) in [6, 6.07) is 4.02. The molecule has 0 aromatic carbocycles. The maximum atomic E-state index is 6.09. The summed E-state index contributed by atoms with van der Waals surface area (Å²) >= 11 is 4.44. The van der Waals surface area contributed by atoms with Crippen LogP contribution in [0, 0.1) is 0 Å². The van der Waals surface area contributed by atoms with Crippen LogP contribution in [-0.2, 0) is 9.31 Å². The molecule has 6 heteroatoms. The molecule has 1 saturated heterocycles. The zero-order valence-electron chi connectivity index (χ0n) is 13.4. The van der Waals surface area contributed by atoms with E-state index in [0.717, 1.165) is 22.1 Å². The second-order valence-electron chi connectivity index (χ2n) is 6.64. The Morgan fingerprint density at radius 1 is 1.32 bits per heavy atom. The molecule has 0 spiro atoms. The van der Waals surface area contributed by atoms with Crippen molar-refractivity contribution in [3.05, 3.63) is 35.6 Å². The Hall–Kier alpha value is -1.24. The van der Waals surface area contributed by atoms with E-state index in [2.05, 4.69) is 56.4 Å². The van der Waals surface area contributed by atoms with Gasteiger partial charge in [0.15, 0.2) is 0 Å². The van der Waals surface area contributed by atoms with Crippen molar-refractivity contribution in [2.75, 3.05) is 5.75 Å². The minimum Gasteiger partial charge on any atom is -0.400 e. The minimum atomic E-state index is -0.373. The van der Waals surface area contributed by atoms with Crippen LogP contribution in [0.1, 0.15) is 33.3 Å². The van der Waals surface area contributed by atoms with Gasteiger partial charge in [-0.05, 0) is 50.9 Å². The Bertz CT molecular complexity index is 708. The van der Waals surface area contributed by atoms with E-state index in [-0.39, 0.29) is 18.3 Å². The first-order chi connectivity index (χ1) is 10.3. The van der Waals surface area contributed by atoms with Crippen LogP contribution >= 0.6 is 12.6 Å². The van der Waals surface area contributed by atoms with Crippen LogP contribution in [0.15, 0.2) is 30.0 Å². The minimum absolute atomic E-state index is 0.346. The number of fused-ring (bicyclic) bond motifs is 1. The number of nitrogens with one attached hydrogen (secondary N) is 1. The molecule has 22 heavy (non-hydrogen) atoms. The molecule has 1 aliphatic heterocycles. The second-order valence-corrected chi connectivity index (χ2v) is 6.96. The Morgan fingerprint density at radius 2 is 2.00 bits per heavy atom. The molecule has 1 N–H and O–H groups in total. The first-order valence-corrected chi connectivity index (χ1v) is 8.06. The maximum absolute atomic E-state index is 6.09. The van der Waals surface area contributed by atoms with Gasteiger partial charge in [-0.3, -0.25) is 4.98 Å². The summed E-state index contributed by atoms with van der Waals surface area (Å²) in [7, 11) is -0.373. The van der Waals surface area contributed by atoms with Crippen LogP contribution in [-0.4, -0.2) is 34.0 Å². The molecule has 0 aliphatic carbocycles. The molecule has 116 valence electrons. The zero-order valence-corrected chi connectivity index (χ0v) is 14.3. The summed E-state index contributed by atoms with van der Waals surface area (Å²) in [5, 5.41) is 0. The van der Waals surface area contributed by atoms with Crippen molar-refractivity contribution in [2.45, 2.75) is 38.9 Å². The third-order valence-corrected chi connectivity index (χ3v) is 4.88. The number of aromatic nitrogens is 2. The summed E-state index contributed by atoms with van der Waals surface area (Å²) in [5.74, 6) is 0.569. The summed E-state index contributed by atoms with van der Waals surface area (Å²) in [6.07, 6.45) is 5.78. The van der Waals surface area contributed by atoms with Crippen LogP contribution in [0.25, 0.3) is 17.1 Å². The lowest BCUT2D eigenvalue weighted by Gasteiger charge is -2.32. The number of H-pyrrole nitrogens is 1. The smallest absolute Gasteiger partial charge is 0.400 e. The number of hydrogen-bond donors (Lipinski definition) is 2. The van der Waals surface area contributed by atoms with Crippen molar-refractivity contribution in [3.8, 4) is 0 Å². The molecule has 1 aliphatic rings. The maximum Gasteiger partial charge on any atom is 0.491 e. The number of nitrogens with zero attached hydrogens (tertiary/aromatic N) is 1. The van der Waals surface area contributed by atoms with E-state index in [1.807, 2.05) is 24.5 Å². The SMILES string of the molecule is CC1(C)OB(C(=Cc2cnc3cc[nH]c3c2)CS)OC1(C)C. The Balaban J connectivity index is 1.90. The largest absolute Gasteiger partial charge is 0.491 e. The summed E-state index contributed by atoms with van der Waals surface area (Å²) in [4.78, 5) is 7.60. The van der Waals surface area contributed by atoms with E-state index >= 15 is 0 Å². The zero-order chi connectivity index (χ0) is 16.0. The van der Waals surface area contributed by atoms with Gasteiger partial charge in [0.25, 0.3) is 0 Å². The molecule has 0 saturated carbocycles. The Kier molecular flexibility index (Phi) is 3.87. The van der Waals surface area contributed by atoms with E-state index in [1.165, 1.54) is 0 Å². The highest BCUT2D eigenvalue weighted by Gasteiger charge is 2.52. The van der Waals surface area contributed by atoms with Crippen LogP contribution in [0.4, 0.5) is 0 Å². The molecule has 0 unspecified atom stereocenters. The number of rotatable bonds is 3. The van der Waals surface area contributed by atoms with Gasteiger partial charge < -0.3 is 14.3 Å². The lowest BCUT2D eigenvalue weighted by Crippen LogP contribution is -2.41. The third kappa shape index (κ3) is 2.71. The van der Waals surface area contributed by atoms with Crippen molar-refractivity contribution in [1.82, 2.24) is 9.97 Å². The number of pyridine rings is 1. The number of hydrogen-bond acceptors (Lipinski definition) is 4. The summed E-state index contributed by atoms with van der Waals surface area (Å²) in [5.41, 5.74) is 3.28. The molecule has 0 atom stereocenters. The van der Waals surface area contributed by atoms with Gasteiger partial charge in [-0.2, -0.15) is 12.6 Å². The van der Waals surface area contributed by atoms with E-state index in [1.54, 1.807) is 0 Å². The van der Waals surface area contributed by atoms with Gasteiger partial charge in [-0.25, -0.2) is 0 Å². The van der Waals surface area contributed by atoms with Gasteiger partial charge in [0.1, 0.15) is 0 Å². The molecule has 4 nitrogen and oxygen atoms in total. The molecule has 1 fully saturated rings. The highest BCUT2D eigenvalue weighted by molar-refractivity contribution is 7.80. The van der Waals surface area contributed by atoms with Gasteiger partial charge in [-0.1, -0.05) is 6.08 Å². The summed E-state index contributed by atoms with van der Waals surface area (Å²) < 4.78 is 12.2. The van der Waals surface area contributed by atoms with Crippen LogP contribution in [0.3, 0.4) is 0 Å². The Morgan fingerprint density at radius 3 is 2.64 bits per heavy atom. The van der Waals surface area contributed by atoms with E-state index in [0.29, 0.717) is 5.75 Å². The van der Waals surface area contributed by atoms with Gasteiger partial charge in [-0.15, -0.1) is 0 Å². The van der Waals surface area contributed by atoms with Crippen molar-refractivity contribution in [2.24, 2.45) is 0 Å². The van der Waals surface area contributed by atoms with E-state index in [9.17, 15) is 0 Å². The predicted octanol–water partition coefficient (Wildman–Crippen LogP) is 3.51. The molecule has 2 aromatic rings. The monoisotopic (exact) mass is 316 g/mol. The Labute approximate surface area is 136 Å². The van der Waals surface area contributed by atoms with Gasteiger partial charge >= 0.3 is 7.12 Å². The molecule has 3 rings (SSSR count). The van der Waals surface area contributed by atoms with Gasteiger partial charge in [0.05, 0.1) is 22.2 Å². The van der Waals surface area contributed by atoms with Gasteiger partial charge in [0.2, 0.25) is 0 Å². The predicted molar refractivity (Wildman–Crippen MR) is 94.0 cm³/mol. The lowest BCUT2D eigenvalue weighted by molar-refractivity contribution is 0.00578. The van der Waals surface area contributed by atoms with Crippen molar-refractivity contribution >= 4 is 36.9 Å². The standard InChI is InChI=1S/C16H21BN2O2S/c1-15(2)16(3,4)21-17(20-15)12(10-22)7-11-8-14-13(19-9-11)5-6-18-14/h5-9,18,22H,10H2,1-4H3. The first-order valence-electron chi connectivity index (χ1n) is 7.42. The molecule has 2 aromatic heterocycles. The highest BCUT2D eigenvalue weighted by Crippen LogP contribution is 2.39. The number of aromatic amines is 1. The van der Waals surface area contributed by atoms with Crippen molar-refractivity contribution in [1.29, 1.82) is 0 Å². The van der Waals surface area contributed by atoms with E-state index in [4.69, 9.17) is 9.31 Å². The average molecular weight is 316 g/mol. The topological polar surface area (TPSA) is 47.1 Å². The highest BCUT2D eigenvalue weighted by atomic mass is 32.1. The average Bonchev–Trinajstić information content (AvgIpc) is 2.98. The van der Waals surface area contributed by atoms with Crippen molar-refractivity contribution in [3.63, 3.8) is 0 Å². The summed E-state index contributed by atoms with van der Waals surface area (Å²) in [6.45, 7) is 8.21. The third-order valence-electron chi connectivity index (χ3n) is 4.51. The molecular formula is C16H21BN2O2S. The normalized spacial score (nSPS) is 20.8.